The molecule has 1 atom stereocenters. The van der Waals surface area contributed by atoms with Crippen LogP contribution >= 0.6 is 11.6 Å². The summed E-state index contributed by atoms with van der Waals surface area (Å²) in [5.41, 5.74) is 0.416. The molecule has 152 valence electrons. The number of amides is 2. The number of ether oxygens (including phenoxy) is 1. The standard InChI is InChI=1S/C21H19ClF2N2O3/c22-13-6-7-14(23)18(19(13)24)20(11-3-1-2-4-11)26-21(28)12-5-8-16-15(9-12)25-17(27)10-29-16/h5-9,11,20H,1-4,10H2,(H,25,27)(H,26,28). The molecule has 1 aliphatic carbocycles. The summed E-state index contributed by atoms with van der Waals surface area (Å²) in [5.74, 6) is -2.04. The van der Waals surface area contributed by atoms with Crippen molar-refractivity contribution >= 4 is 29.1 Å². The average molecular weight is 421 g/mol. The Bertz CT molecular complexity index is 977. The van der Waals surface area contributed by atoms with Gasteiger partial charge >= 0.3 is 0 Å². The summed E-state index contributed by atoms with van der Waals surface area (Å²) < 4.78 is 34.5. The van der Waals surface area contributed by atoms with Crippen molar-refractivity contribution in [1.29, 1.82) is 0 Å². The van der Waals surface area contributed by atoms with Crippen molar-refractivity contribution in [2.24, 2.45) is 5.92 Å². The predicted molar refractivity (Wildman–Crippen MR) is 104 cm³/mol. The van der Waals surface area contributed by atoms with E-state index in [1.807, 2.05) is 0 Å². The molecule has 1 unspecified atom stereocenters. The van der Waals surface area contributed by atoms with Gasteiger partial charge in [-0.15, -0.1) is 0 Å². The highest BCUT2D eigenvalue weighted by atomic mass is 35.5. The second-order valence-corrected chi connectivity index (χ2v) is 7.71. The normalized spacial score (nSPS) is 17.3. The van der Waals surface area contributed by atoms with Gasteiger partial charge in [0.15, 0.2) is 6.61 Å². The van der Waals surface area contributed by atoms with Crippen molar-refractivity contribution in [1.82, 2.24) is 5.32 Å². The van der Waals surface area contributed by atoms with Gasteiger partial charge in [-0.25, -0.2) is 8.78 Å². The smallest absolute Gasteiger partial charge is 0.262 e. The van der Waals surface area contributed by atoms with Crippen LogP contribution in [-0.2, 0) is 4.79 Å². The molecule has 1 aliphatic heterocycles. The molecule has 0 spiro atoms. The zero-order valence-corrected chi connectivity index (χ0v) is 16.2. The van der Waals surface area contributed by atoms with Crippen molar-refractivity contribution < 1.29 is 23.1 Å². The summed E-state index contributed by atoms with van der Waals surface area (Å²) in [6.07, 6.45) is 3.38. The molecule has 1 heterocycles. The number of fused-ring (bicyclic) bond motifs is 1. The second-order valence-electron chi connectivity index (χ2n) is 7.30. The van der Waals surface area contributed by atoms with Crippen LogP contribution < -0.4 is 15.4 Å². The molecule has 29 heavy (non-hydrogen) atoms. The molecule has 2 aromatic carbocycles. The van der Waals surface area contributed by atoms with Crippen molar-refractivity contribution in [2.75, 3.05) is 11.9 Å². The van der Waals surface area contributed by atoms with E-state index in [1.54, 1.807) is 12.1 Å². The number of nitrogens with one attached hydrogen (secondary N) is 2. The van der Waals surface area contributed by atoms with Crippen LogP contribution in [0.5, 0.6) is 5.75 Å². The number of carbonyl (C=O) groups excluding carboxylic acids is 2. The maximum absolute atomic E-state index is 14.7. The zero-order chi connectivity index (χ0) is 20.5. The Balaban J connectivity index is 1.65. The minimum atomic E-state index is -0.852. The Kier molecular flexibility index (Phi) is 5.41. The molecule has 0 saturated heterocycles. The van der Waals surface area contributed by atoms with Crippen LogP contribution in [-0.4, -0.2) is 18.4 Å². The molecule has 4 rings (SSSR count). The average Bonchev–Trinajstić information content (AvgIpc) is 3.24. The number of hydrogen-bond donors (Lipinski definition) is 2. The molecule has 0 radical (unpaired) electrons. The molecule has 0 bridgehead atoms. The van der Waals surface area contributed by atoms with Gasteiger partial charge in [0.05, 0.1) is 16.8 Å². The highest BCUT2D eigenvalue weighted by Gasteiger charge is 2.33. The molecular weight excluding hydrogens is 402 g/mol. The first kappa shape index (κ1) is 19.6. The summed E-state index contributed by atoms with van der Waals surface area (Å²) in [6, 6.07) is 6.04. The first-order chi connectivity index (χ1) is 13.9. The van der Waals surface area contributed by atoms with E-state index in [-0.39, 0.29) is 34.6 Å². The quantitative estimate of drug-likeness (QED) is 0.710. The summed E-state index contributed by atoms with van der Waals surface area (Å²) in [4.78, 5) is 24.4. The molecule has 2 aliphatic rings. The molecule has 2 amide bonds. The summed E-state index contributed by atoms with van der Waals surface area (Å²) in [7, 11) is 0. The topological polar surface area (TPSA) is 67.4 Å². The number of benzene rings is 2. The van der Waals surface area contributed by atoms with E-state index in [9.17, 15) is 18.4 Å². The van der Waals surface area contributed by atoms with Gasteiger partial charge in [0, 0.05) is 11.1 Å². The lowest BCUT2D eigenvalue weighted by Crippen LogP contribution is -2.34. The SMILES string of the molecule is O=C1COc2ccc(C(=O)NC(c3c(F)ccc(Cl)c3F)C3CCCC3)cc2N1. The van der Waals surface area contributed by atoms with E-state index in [0.717, 1.165) is 37.8 Å². The highest BCUT2D eigenvalue weighted by molar-refractivity contribution is 6.30. The Morgan fingerprint density at radius 1 is 1.21 bits per heavy atom. The first-order valence-corrected chi connectivity index (χ1v) is 9.83. The molecule has 8 heteroatoms. The summed E-state index contributed by atoms with van der Waals surface area (Å²) >= 11 is 5.87. The number of hydrogen-bond acceptors (Lipinski definition) is 3. The van der Waals surface area contributed by atoms with E-state index in [1.165, 1.54) is 6.07 Å². The van der Waals surface area contributed by atoms with Gasteiger partial charge in [0.2, 0.25) is 0 Å². The first-order valence-electron chi connectivity index (χ1n) is 9.45. The fraction of sp³-hybridized carbons (Fsp3) is 0.333. The van der Waals surface area contributed by atoms with Gasteiger partial charge in [-0.3, -0.25) is 9.59 Å². The molecule has 2 N–H and O–H groups in total. The maximum atomic E-state index is 14.7. The van der Waals surface area contributed by atoms with Crippen LogP contribution in [0, 0.1) is 17.6 Å². The van der Waals surface area contributed by atoms with Crippen LogP contribution in [0.2, 0.25) is 5.02 Å². The van der Waals surface area contributed by atoms with Crippen molar-refractivity contribution in [3.63, 3.8) is 0 Å². The Labute approximate surface area is 171 Å². The minimum absolute atomic E-state index is 0.0877. The Morgan fingerprint density at radius 3 is 2.72 bits per heavy atom. The van der Waals surface area contributed by atoms with Crippen LogP contribution in [0.3, 0.4) is 0 Å². The van der Waals surface area contributed by atoms with E-state index < -0.39 is 23.6 Å². The van der Waals surface area contributed by atoms with E-state index in [4.69, 9.17) is 16.3 Å². The Morgan fingerprint density at radius 2 is 1.97 bits per heavy atom. The van der Waals surface area contributed by atoms with Crippen LogP contribution in [0.1, 0.15) is 47.6 Å². The van der Waals surface area contributed by atoms with E-state index >= 15 is 0 Å². The predicted octanol–water partition coefficient (Wildman–Crippen LogP) is 4.61. The molecule has 0 aromatic heterocycles. The number of rotatable bonds is 4. The molecule has 1 fully saturated rings. The molecule has 1 saturated carbocycles. The third kappa shape index (κ3) is 3.92. The van der Waals surface area contributed by atoms with E-state index in [2.05, 4.69) is 10.6 Å². The van der Waals surface area contributed by atoms with E-state index in [0.29, 0.717) is 11.4 Å². The van der Waals surface area contributed by atoms with Gasteiger partial charge in [0.25, 0.3) is 11.8 Å². The number of halogens is 3. The lowest BCUT2D eigenvalue weighted by atomic mass is 9.90. The van der Waals surface area contributed by atoms with Gasteiger partial charge in [0.1, 0.15) is 17.4 Å². The highest BCUT2D eigenvalue weighted by Crippen LogP contribution is 2.39. The fourth-order valence-corrected chi connectivity index (χ4v) is 4.16. The Hall–Kier alpha value is -2.67. The molecule has 2 aromatic rings. The number of carbonyl (C=O) groups is 2. The van der Waals surface area contributed by atoms with Crippen molar-refractivity contribution in [2.45, 2.75) is 31.7 Å². The third-order valence-corrected chi connectivity index (χ3v) is 5.71. The fourth-order valence-electron chi connectivity index (χ4n) is 3.99. The summed E-state index contributed by atoms with van der Waals surface area (Å²) in [6.45, 7) is -0.0877. The van der Waals surface area contributed by atoms with Crippen molar-refractivity contribution in [3.8, 4) is 5.75 Å². The lowest BCUT2D eigenvalue weighted by molar-refractivity contribution is -0.118. The maximum Gasteiger partial charge on any atom is 0.262 e. The zero-order valence-electron chi connectivity index (χ0n) is 15.4. The number of anilines is 1. The van der Waals surface area contributed by atoms with Gasteiger partial charge in [-0.1, -0.05) is 24.4 Å². The van der Waals surface area contributed by atoms with Crippen molar-refractivity contribution in [3.05, 3.63) is 58.1 Å². The van der Waals surface area contributed by atoms with Crippen LogP contribution in [0.15, 0.2) is 30.3 Å². The molecule has 5 nitrogen and oxygen atoms in total. The van der Waals surface area contributed by atoms with Gasteiger partial charge in [-0.05, 0) is 49.1 Å². The lowest BCUT2D eigenvalue weighted by Gasteiger charge is -2.26. The molecular formula is C21H19ClF2N2O3. The largest absolute Gasteiger partial charge is 0.482 e. The second kappa shape index (κ2) is 7.99. The monoisotopic (exact) mass is 420 g/mol. The van der Waals surface area contributed by atoms with Gasteiger partial charge < -0.3 is 15.4 Å². The summed E-state index contributed by atoms with van der Waals surface area (Å²) in [5, 5.41) is 5.24. The third-order valence-electron chi connectivity index (χ3n) is 5.42. The minimum Gasteiger partial charge on any atom is -0.482 e. The van der Waals surface area contributed by atoms with Gasteiger partial charge in [-0.2, -0.15) is 0 Å². The van der Waals surface area contributed by atoms with Crippen LogP contribution in [0.25, 0.3) is 0 Å². The van der Waals surface area contributed by atoms with Crippen LogP contribution in [0.4, 0.5) is 14.5 Å².